The van der Waals surface area contributed by atoms with Gasteiger partial charge in [0.05, 0.1) is 5.69 Å². The molecule has 21 heavy (non-hydrogen) atoms. The van der Waals surface area contributed by atoms with Crippen LogP contribution in [0.2, 0.25) is 0 Å². The van der Waals surface area contributed by atoms with Crippen LogP contribution in [0.3, 0.4) is 0 Å². The van der Waals surface area contributed by atoms with Crippen molar-refractivity contribution in [3.05, 3.63) is 61.7 Å². The van der Waals surface area contributed by atoms with Crippen molar-refractivity contribution in [2.75, 3.05) is 0 Å². The van der Waals surface area contributed by atoms with E-state index in [0.29, 0.717) is 4.47 Å². The number of H-pyrrole nitrogens is 1. The molecule has 0 saturated heterocycles. The van der Waals surface area contributed by atoms with Gasteiger partial charge in [-0.25, -0.2) is 4.98 Å². The number of halogens is 1. The molecule has 1 aliphatic carbocycles. The summed E-state index contributed by atoms with van der Waals surface area (Å²) in [6.07, 6.45) is 3.29. The first-order valence-electron chi connectivity index (χ1n) is 7.45. The van der Waals surface area contributed by atoms with Gasteiger partial charge in [-0.05, 0) is 52.2 Å². The summed E-state index contributed by atoms with van der Waals surface area (Å²) in [6, 6.07) is 8.49. The van der Waals surface area contributed by atoms with Crippen molar-refractivity contribution in [1.29, 1.82) is 0 Å². The van der Waals surface area contributed by atoms with E-state index in [2.05, 4.69) is 59.0 Å². The zero-order chi connectivity index (χ0) is 15.0. The molecule has 0 bridgehead atoms. The topological polar surface area (TPSA) is 45.8 Å². The number of nitrogens with zero attached hydrogens (tertiary/aromatic N) is 1. The normalized spacial score (nSPS) is 17.8. The number of aryl methyl sites for hydroxylation is 1. The molecule has 4 heteroatoms. The SMILES string of the molecule is CC(C)c1nc(C2CCCc3ccccc32)[nH]c(=O)c1Br. The maximum absolute atomic E-state index is 12.2. The van der Waals surface area contributed by atoms with Gasteiger partial charge in [0.1, 0.15) is 10.3 Å². The predicted molar refractivity (Wildman–Crippen MR) is 87.9 cm³/mol. The molecule has 1 aromatic carbocycles. The number of benzene rings is 1. The molecule has 0 amide bonds. The largest absolute Gasteiger partial charge is 0.309 e. The van der Waals surface area contributed by atoms with Crippen molar-refractivity contribution < 1.29 is 0 Å². The van der Waals surface area contributed by atoms with Crippen LogP contribution in [0.4, 0.5) is 0 Å². The van der Waals surface area contributed by atoms with E-state index in [0.717, 1.165) is 30.8 Å². The third kappa shape index (κ3) is 2.69. The molecule has 0 saturated carbocycles. The number of aromatic amines is 1. The third-order valence-electron chi connectivity index (χ3n) is 4.15. The molecule has 0 radical (unpaired) electrons. The summed E-state index contributed by atoms with van der Waals surface area (Å²) < 4.78 is 0.561. The van der Waals surface area contributed by atoms with Gasteiger partial charge in [-0.15, -0.1) is 0 Å². The second kappa shape index (κ2) is 5.76. The first-order valence-corrected chi connectivity index (χ1v) is 8.24. The summed E-state index contributed by atoms with van der Waals surface area (Å²) in [6.45, 7) is 4.12. The summed E-state index contributed by atoms with van der Waals surface area (Å²) in [7, 11) is 0. The lowest BCUT2D eigenvalue weighted by Crippen LogP contribution is -2.21. The minimum absolute atomic E-state index is 0.0771. The van der Waals surface area contributed by atoms with Crippen LogP contribution in [0.25, 0.3) is 0 Å². The Balaban J connectivity index is 2.12. The zero-order valence-electron chi connectivity index (χ0n) is 12.3. The van der Waals surface area contributed by atoms with Crippen LogP contribution in [-0.2, 0) is 6.42 Å². The maximum Gasteiger partial charge on any atom is 0.265 e. The zero-order valence-corrected chi connectivity index (χ0v) is 13.9. The highest BCUT2D eigenvalue weighted by molar-refractivity contribution is 9.10. The van der Waals surface area contributed by atoms with Crippen molar-refractivity contribution in [3.63, 3.8) is 0 Å². The van der Waals surface area contributed by atoms with Gasteiger partial charge in [0, 0.05) is 5.92 Å². The summed E-state index contributed by atoms with van der Waals surface area (Å²) in [5.41, 5.74) is 3.46. The molecule has 3 rings (SSSR count). The minimum atomic E-state index is -0.0771. The van der Waals surface area contributed by atoms with Crippen molar-refractivity contribution in [2.24, 2.45) is 0 Å². The van der Waals surface area contributed by atoms with E-state index >= 15 is 0 Å². The van der Waals surface area contributed by atoms with Crippen molar-refractivity contribution in [1.82, 2.24) is 9.97 Å². The van der Waals surface area contributed by atoms with Crippen LogP contribution >= 0.6 is 15.9 Å². The molecule has 0 spiro atoms. The number of hydrogen-bond acceptors (Lipinski definition) is 2. The van der Waals surface area contributed by atoms with Gasteiger partial charge in [0.2, 0.25) is 0 Å². The molecule has 3 nitrogen and oxygen atoms in total. The fourth-order valence-corrected chi connectivity index (χ4v) is 3.73. The van der Waals surface area contributed by atoms with Crippen LogP contribution in [0.5, 0.6) is 0 Å². The monoisotopic (exact) mass is 346 g/mol. The van der Waals surface area contributed by atoms with Gasteiger partial charge in [-0.1, -0.05) is 38.1 Å². The van der Waals surface area contributed by atoms with Crippen molar-refractivity contribution in [2.45, 2.75) is 44.9 Å². The molecule has 2 aromatic rings. The summed E-state index contributed by atoms with van der Waals surface area (Å²) in [4.78, 5) is 19.9. The van der Waals surface area contributed by atoms with Gasteiger partial charge in [-0.2, -0.15) is 0 Å². The first-order chi connectivity index (χ1) is 10.1. The molecule has 1 aromatic heterocycles. The predicted octanol–water partition coefficient (Wildman–Crippen LogP) is 4.12. The molecular weight excluding hydrogens is 328 g/mol. The Morgan fingerprint density at radius 1 is 1.33 bits per heavy atom. The standard InChI is InChI=1S/C17H19BrN2O/c1-10(2)15-14(18)17(21)20-16(19-15)13-9-5-7-11-6-3-4-8-12(11)13/h3-4,6,8,10,13H,5,7,9H2,1-2H3,(H,19,20,21). The van der Waals surface area contributed by atoms with E-state index in [4.69, 9.17) is 4.98 Å². The quantitative estimate of drug-likeness (QED) is 0.888. The average Bonchev–Trinajstić information content (AvgIpc) is 2.49. The molecule has 1 aliphatic rings. The number of fused-ring (bicyclic) bond motifs is 1. The van der Waals surface area contributed by atoms with Crippen LogP contribution in [0, 0.1) is 0 Å². The fourth-order valence-electron chi connectivity index (χ4n) is 3.08. The highest BCUT2D eigenvalue weighted by Gasteiger charge is 2.25. The first kappa shape index (κ1) is 14.5. The summed E-state index contributed by atoms with van der Waals surface area (Å²) in [5, 5.41) is 0. The van der Waals surface area contributed by atoms with E-state index < -0.39 is 0 Å². The molecule has 1 N–H and O–H groups in total. The molecule has 0 aliphatic heterocycles. The highest BCUT2D eigenvalue weighted by atomic mass is 79.9. The Bertz CT molecular complexity index is 721. The Morgan fingerprint density at radius 3 is 2.86 bits per heavy atom. The van der Waals surface area contributed by atoms with Gasteiger partial charge in [0.15, 0.2) is 0 Å². The smallest absolute Gasteiger partial charge is 0.265 e. The molecule has 1 heterocycles. The van der Waals surface area contributed by atoms with E-state index in [-0.39, 0.29) is 17.4 Å². The van der Waals surface area contributed by atoms with E-state index in [9.17, 15) is 4.79 Å². The summed E-state index contributed by atoms with van der Waals surface area (Å²) >= 11 is 3.36. The van der Waals surface area contributed by atoms with Gasteiger partial charge in [-0.3, -0.25) is 4.79 Å². The maximum atomic E-state index is 12.2. The lowest BCUT2D eigenvalue weighted by molar-refractivity contribution is 0.582. The van der Waals surface area contributed by atoms with Crippen LogP contribution in [0.1, 0.15) is 61.2 Å². The van der Waals surface area contributed by atoms with E-state index in [1.165, 1.54) is 11.1 Å². The van der Waals surface area contributed by atoms with Gasteiger partial charge in [0.25, 0.3) is 5.56 Å². The highest BCUT2D eigenvalue weighted by Crippen LogP contribution is 2.35. The van der Waals surface area contributed by atoms with Gasteiger partial charge < -0.3 is 4.98 Å². The van der Waals surface area contributed by atoms with Crippen molar-refractivity contribution in [3.8, 4) is 0 Å². The Labute approximate surface area is 133 Å². The van der Waals surface area contributed by atoms with Gasteiger partial charge >= 0.3 is 0 Å². The number of nitrogens with one attached hydrogen (secondary N) is 1. The van der Waals surface area contributed by atoms with Crippen LogP contribution in [0.15, 0.2) is 33.5 Å². The Kier molecular flexibility index (Phi) is 3.98. The Morgan fingerprint density at radius 2 is 2.10 bits per heavy atom. The van der Waals surface area contributed by atoms with E-state index in [1.807, 2.05) is 0 Å². The average molecular weight is 347 g/mol. The molecule has 1 unspecified atom stereocenters. The third-order valence-corrected chi connectivity index (χ3v) is 4.92. The minimum Gasteiger partial charge on any atom is -0.309 e. The lowest BCUT2D eigenvalue weighted by atomic mass is 9.82. The Hall–Kier alpha value is -1.42. The van der Waals surface area contributed by atoms with E-state index in [1.54, 1.807) is 0 Å². The lowest BCUT2D eigenvalue weighted by Gasteiger charge is -2.25. The van der Waals surface area contributed by atoms with Crippen LogP contribution < -0.4 is 5.56 Å². The molecule has 110 valence electrons. The van der Waals surface area contributed by atoms with Crippen LogP contribution in [-0.4, -0.2) is 9.97 Å². The number of aromatic nitrogens is 2. The fraction of sp³-hybridized carbons (Fsp3) is 0.412. The molecule has 1 atom stereocenters. The summed E-state index contributed by atoms with van der Waals surface area (Å²) in [5.74, 6) is 1.23. The second-order valence-corrected chi connectivity index (χ2v) is 6.74. The second-order valence-electron chi connectivity index (χ2n) is 5.95. The number of hydrogen-bond donors (Lipinski definition) is 1. The molecule has 0 fully saturated rings. The van der Waals surface area contributed by atoms with Crippen molar-refractivity contribution >= 4 is 15.9 Å². The molecular formula is C17H19BrN2O. The number of rotatable bonds is 2.